The second kappa shape index (κ2) is 25.0. The predicted molar refractivity (Wildman–Crippen MR) is 208 cm³/mol. The monoisotopic (exact) mass is 988 g/mol. The van der Waals surface area contributed by atoms with Crippen molar-refractivity contribution in [2.24, 2.45) is 5.92 Å². The van der Waals surface area contributed by atoms with Gasteiger partial charge in [0.2, 0.25) is 0 Å². The molecule has 5 fully saturated rings. The molecular weight excluding hydrogens is 920 g/mol. The lowest BCUT2D eigenvalue weighted by Crippen LogP contribution is -2.67. The number of hydrogen-bond donors (Lipinski definition) is 18. The summed E-state index contributed by atoms with van der Waals surface area (Å²) in [4.78, 5) is 0. The Morgan fingerprint density at radius 3 is 1.46 bits per heavy atom. The molecule has 0 aromatic heterocycles. The lowest BCUT2D eigenvalue weighted by molar-refractivity contribution is -0.395. The van der Waals surface area contributed by atoms with Crippen LogP contribution in [-0.4, -0.2) is 304 Å². The molecule has 0 bridgehead atoms. The smallest absolute Gasteiger partial charge is 0.187 e. The molecule has 29 heteroatoms. The highest BCUT2D eigenvalue weighted by Crippen LogP contribution is 2.38. The lowest BCUT2D eigenvalue weighted by atomic mass is 9.91. The largest absolute Gasteiger partial charge is 0.394 e. The van der Waals surface area contributed by atoms with Gasteiger partial charge in [0.15, 0.2) is 37.7 Å². The number of rotatable bonds is 20. The molecule has 5 aliphatic rings. The maximum absolute atomic E-state index is 11.6. The quantitative estimate of drug-likeness (QED) is 0.0504. The van der Waals surface area contributed by atoms with Gasteiger partial charge in [-0.05, 0) is 13.8 Å². The van der Waals surface area contributed by atoms with Gasteiger partial charge < -0.3 is 144 Å². The molecule has 5 rings (SSSR count). The maximum atomic E-state index is 11.6. The maximum Gasteiger partial charge on any atom is 0.187 e. The first kappa shape index (κ1) is 56.8. The van der Waals surface area contributed by atoms with E-state index in [1.165, 1.54) is 20.8 Å². The van der Waals surface area contributed by atoms with E-state index < -0.39 is 218 Å². The summed E-state index contributed by atoms with van der Waals surface area (Å²) in [6.45, 7) is -1.31. The minimum absolute atomic E-state index is 0.806. The van der Waals surface area contributed by atoms with E-state index in [1.807, 2.05) is 0 Å². The average molecular weight is 989 g/mol. The van der Waals surface area contributed by atoms with Gasteiger partial charge in [-0.15, -0.1) is 0 Å². The molecule has 0 aromatic carbocycles. The van der Waals surface area contributed by atoms with Gasteiger partial charge in [-0.25, -0.2) is 0 Å². The van der Waals surface area contributed by atoms with Crippen molar-refractivity contribution in [3.63, 3.8) is 0 Å². The Balaban J connectivity index is 1.32. The molecule has 0 spiro atoms. The van der Waals surface area contributed by atoms with Crippen molar-refractivity contribution in [1.29, 1.82) is 0 Å². The van der Waals surface area contributed by atoms with Crippen molar-refractivity contribution >= 4 is 0 Å². The van der Waals surface area contributed by atoms with Gasteiger partial charge in [0.05, 0.1) is 58.0 Å². The van der Waals surface area contributed by atoms with Crippen LogP contribution in [-0.2, 0) is 52.1 Å². The molecule has 0 aliphatic carbocycles. The van der Waals surface area contributed by atoms with E-state index in [-0.39, 0.29) is 0 Å². The first-order valence-electron chi connectivity index (χ1n) is 21.7. The van der Waals surface area contributed by atoms with Crippen molar-refractivity contribution in [3.8, 4) is 0 Å². The van der Waals surface area contributed by atoms with Crippen LogP contribution in [0.1, 0.15) is 20.8 Å². The summed E-state index contributed by atoms with van der Waals surface area (Å²) in [7, 11) is 0. The van der Waals surface area contributed by atoms with Crippen molar-refractivity contribution in [1.82, 2.24) is 0 Å². The first-order chi connectivity index (χ1) is 31.7. The van der Waals surface area contributed by atoms with Crippen molar-refractivity contribution < 1.29 is 144 Å². The fourth-order valence-electron chi connectivity index (χ4n) is 8.24. The summed E-state index contributed by atoms with van der Waals surface area (Å²) in [5, 5.41) is 188. The van der Waals surface area contributed by atoms with Crippen LogP contribution in [0.5, 0.6) is 0 Å². The lowest BCUT2D eigenvalue weighted by Gasteiger charge is -2.50. The summed E-state index contributed by atoms with van der Waals surface area (Å²) in [6.07, 6.45) is -48.4. The van der Waals surface area contributed by atoms with Crippen LogP contribution < -0.4 is 0 Å². The fourth-order valence-corrected chi connectivity index (χ4v) is 8.24. The molecule has 0 radical (unpaired) electrons. The zero-order chi connectivity index (χ0) is 49.8. The standard InChI is InChI=1S/C38H68O29/c1-10-29(64-38-32(24(51)20(47)15(6-41)62-38)67-36-26(53)23(50)19(46)12(3)58-36)21(48)16(7-42)60-34(10)66-31-22(49)17(8-43)61-37(28(31)55)65-30-18(9-44)63-35(27(54)25(30)52)57-11(2)14(5-40)59-33(56)13(45)4-39/h10-56H,4-9H2,1-3H3/t10-,11-,12?,13-,14?,15?,16?,17?,18?,19+,20-,21-,22-,23?,24?,25?,26-,27-,28?,29?,30-,31-,32-,33+,34-,35+,36-,37+,38-/m0/s1. The van der Waals surface area contributed by atoms with Crippen molar-refractivity contribution in [2.45, 2.75) is 193 Å². The van der Waals surface area contributed by atoms with E-state index in [0.29, 0.717) is 0 Å². The van der Waals surface area contributed by atoms with Crippen LogP contribution in [0.15, 0.2) is 0 Å². The zero-order valence-electron chi connectivity index (χ0n) is 36.5. The van der Waals surface area contributed by atoms with Gasteiger partial charge in [0, 0.05) is 5.92 Å². The minimum atomic E-state index is -2.08. The third kappa shape index (κ3) is 12.5. The molecule has 5 aliphatic heterocycles. The Labute approximate surface area is 382 Å². The van der Waals surface area contributed by atoms with Gasteiger partial charge >= 0.3 is 0 Å². The summed E-state index contributed by atoms with van der Waals surface area (Å²) >= 11 is 0. The molecular formula is C38H68O29. The number of aliphatic hydroxyl groups is 18. The molecule has 11 unspecified atom stereocenters. The second-order valence-corrected chi connectivity index (χ2v) is 17.1. The molecule has 67 heavy (non-hydrogen) atoms. The van der Waals surface area contributed by atoms with E-state index in [1.54, 1.807) is 0 Å². The first-order valence-corrected chi connectivity index (χ1v) is 21.7. The Kier molecular flexibility index (Phi) is 21.2. The topological polar surface area (TPSA) is 466 Å². The second-order valence-electron chi connectivity index (χ2n) is 17.1. The Hall–Kier alpha value is -1.16. The normalized spacial score (nSPS) is 48.4. The van der Waals surface area contributed by atoms with Crippen LogP contribution in [0.25, 0.3) is 0 Å². The molecule has 0 amide bonds. The van der Waals surface area contributed by atoms with Crippen molar-refractivity contribution in [2.75, 3.05) is 39.6 Å². The highest BCUT2D eigenvalue weighted by molar-refractivity contribution is 4.98. The third-order valence-electron chi connectivity index (χ3n) is 12.5. The molecule has 18 N–H and O–H groups in total. The average Bonchev–Trinajstić information content (AvgIpc) is 3.31. The molecule has 29 atom stereocenters. The Morgan fingerprint density at radius 1 is 0.418 bits per heavy atom. The van der Waals surface area contributed by atoms with Gasteiger partial charge in [-0.2, -0.15) is 0 Å². The van der Waals surface area contributed by atoms with E-state index in [9.17, 15) is 86.8 Å². The molecule has 5 heterocycles. The van der Waals surface area contributed by atoms with Gasteiger partial charge in [0.1, 0.15) is 116 Å². The van der Waals surface area contributed by atoms with Gasteiger partial charge in [0.25, 0.3) is 0 Å². The molecule has 394 valence electrons. The number of aliphatic hydroxyl groups excluding tert-OH is 18. The van der Waals surface area contributed by atoms with Crippen molar-refractivity contribution in [3.05, 3.63) is 0 Å². The van der Waals surface area contributed by atoms with Crippen LogP contribution in [0, 0.1) is 5.92 Å². The summed E-state index contributed by atoms with van der Waals surface area (Å²) < 4.78 is 62.7. The van der Waals surface area contributed by atoms with Crippen LogP contribution in [0.4, 0.5) is 0 Å². The fraction of sp³-hybridized carbons (Fsp3) is 1.00. The predicted octanol–water partition coefficient (Wildman–Crippen LogP) is -11.2. The number of hydrogen-bond acceptors (Lipinski definition) is 29. The Morgan fingerprint density at radius 2 is 0.881 bits per heavy atom. The Bertz CT molecular complexity index is 1460. The summed E-state index contributed by atoms with van der Waals surface area (Å²) in [5.41, 5.74) is 0. The minimum Gasteiger partial charge on any atom is -0.394 e. The van der Waals surface area contributed by atoms with E-state index >= 15 is 0 Å². The number of ether oxygens (including phenoxy) is 11. The summed E-state index contributed by atoms with van der Waals surface area (Å²) in [5.74, 6) is -1.22. The van der Waals surface area contributed by atoms with Gasteiger partial charge in [-0.3, -0.25) is 0 Å². The molecule has 29 nitrogen and oxygen atoms in total. The van der Waals surface area contributed by atoms with Gasteiger partial charge in [-0.1, -0.05) is 6.92 Å². The van der Waals surface area contributed by atoms with Crippen LogP contribution >= 0.6 is 0 Å². The van der Waals surface area contributed by atoms with Crippen LogP contribution in [0.3, 0.4) is 0 Å². The van der Waals surface area contributed by atoms with E-state index in [2.05, 4.69) is 0 Å². The third-order valence-corrected chi connectivity index (χ3v) is 12.5. The van der Waals surface area contributed by atoms with E-state index in [4.69, 9.17) is 57.2 Å². The highest BCUT2D eigenvalue weighted by atomic mass is 16.8. The zero-order valence-corrected chi connectivity index (χ0v) is 36.5. The summed E-state index contributed by atoms with van der Waals surface area (Å²) in [6, 6.07) is 0. The molecule has 5 saturated heterocycles. The molecule has 0 saturated carbocycles. The SMILES string of the molecule is CC1O[C@@H](O[C@H]2C(O)[C@@H](O)C(CO)O[C@H]2OC2[C@@H](O)C(CO)O[C@@H](O[C@@H]3C(O)[C@@H](O[C@H]4C(CO)O[C@@H](O[C@@H](C)C(CO)O[C@@H](O)[C@@H](O)CO)[C@@H](O)C4O)OC(CO)[C@@H]3O)[C@H]2C)[C@@H](O)C(O)[C@@H]1O. The highest BCUT2D eigenvalue weighted by Gasteiger charge is 2.56. The van der Waals surface area contributed by atoms with E-state index in [0.717, 1.165) is 0 Å². The molecule has 0 aromatic rings. The van der Waals surface area contributed by atoms with Crippen LogP contribution in [0.2, 0.25) is 0 Å².